The minimum Gasteiger partial charge on any atom is -0.340 e. The Hall–Kier alpha value is -1.84. The monoisotopic (exact) mass is 286 g/mol. The molecule has 1 heterocycles. The van der Waals surface area contributed by atoms with Crippen LogP contribution in [0.15, 0.2) is 24.3 Å². The molecule has 2 aliphatic rings. The molecule has 0 aromatic heterocycles. The number of hydrogen-bond donors (Lipinski definition) is 1. The predicted octanol–water partition coefficient (Wildman–Crippen LogP) is 2.41. The van der Waals surface area contributed by atoms with Crippen molar-refractivity contribution in [3.63, 3.8) is 0 Å². The highest BCUT2D eigenvalue weighted by Crippen LogP contribution is 2.33. The summed E-state index contributed by atoms with van der Waals surface area (Å²) in [5, 5.41) is 2.98. The van der Waals surface area contributed by atoms with Gasteiger partial charge in [-0.05, 0) is 37.0 Å². The number of nitrogens with zero attached hydrogens (tertiary/aromatic N) is 1. The molecular weight excluding hydrogens is 264 g/mol. The van der Waals surface area contributed by atoms with Crippen LogP contribution in [0.2, 0.25) is 0 Å². The Morgan fingerprint density at radius 2 is 1.95 bits per heavy atom. The van der Waals surface area contributed by atoms with Crippen LogP contribution in [0.3, 0.4) is 0 Å². The molecule has 21 heavy (non-hydrogen) atoms. The first-order chi connectivity index (χ1) is 10.1. The number of carbonyl (C=O) groups excluding carboxylic acids is 2. The van der Waals surface area contributed by atoms with Crippen LogP contribution < -0.4 is 10.2 Å². The zero-order valence-corrected chi connectivity index (χ0v) is 12.5. The van der Waals surface area contributed by atoms with Crippen LogP contribution in [0.4, 0.5) is 5.69 Å². The smallest absolute Gasteiger partial charge is 0.253 e. The molecule has 1 spiro atoms. The molecule has 0 atom stereocenters. The quantitative estimate of drug-likeness (QED) is 0.907. The van der Waals surface area contributed by atoms with E-state index < -0.39 is 5.54 Å². The number of carbonyl (C=O) groups is 2. The van der Waals surface area contributed by atoms with Gasteiger partial charge in [0.15, 0.2) is 0 Å². The molecule has 2 amide bonds. The van der Waals surface area contributed by atoms with Gasteiger partial charge in [-0.25, -0.2) is 0 Å². The number of aryl methyl sites for hydroxylation is 1. The summed E-state index contributed by atoms with van der Waals surface area (Å²) in [6.07, 6.45) is 5.62. The Labute approximate surface area is 125 Å². The number of anilines is 1. The lowest BCUT2D eigenvalue weighted by molar-refractivity contribution is -0.137. The maximum absolute atomic E-state index is 13.0. The molecule has 0 bridgehead atoms. The number of nitrogens with one attached hydrogen (secondary N) is 1. The van der Waals surface area contributed by atoms with Gasteiger partial charge in [-0.3, -0.25) is 9.59 Å². The maximum Gasteiger partial charge on any atom is 0.253 e. The summed E-state index contributed by atoms with van der Waals surface area (Å²) in [5.41, 5.74) is 1.37. The van der Waals surface area contributed by atoms with Crippen molar-refractivity contribution in [2.24, 2.45) is 0 Å². The van der Waals surface area contributed by atoms with E-state index in [9.17, 15) is 9.59 Å². The molecule has 1 aromatic rings. The second kappa shape index (κ2) is 5.51. The largest absolute Gasteiger partial charge is 0.340 e. The molecule has 4 heteroatoms. The average Bonchev–Trinajstić information content (AvgIpc) is 2.52. The Balaban J connectivity index is 1.93. The van der Waals surface area contributed by atoms with Crippen LogP contribution in [0, 0.1) is 0 Å². The summed E-state index contributed by atoms with van der Waals surface area (Å²) in [6.45, 7) is 2.22. The molecule has 0 radical (unpaired) electrons. The van der Waals surface area contributed by atoms with Gasteiger partial charge in [-0.15, -0.1) is 0 Å². The van der Waals surface area contributed by atoms with E-state index in [-0.39, 0.29) is 18.4 Å². The fraction of sp³-hybridized carbons (Fsp3) is 0.529. The molecule has 112 valence electrons. The Kier molecular flexibility index (Phi) is 3.70. The Morgan fingerprint density at radius 1 is 1.19 bits per heavy atom. The van der Waals surface area contributed by atoms with Crippen molar-refractivity contribution in [2.75, 3.05) is 11.4 Å². The van der Waals surface area contributed by atoms with Gasteiger partial charge in [-0.2, -0.15) is 0 Å². The van der Waals surface area contributed by atoms with Gasteiger partial charge in [0.1, 0.15) is 12.1 Å². The summed E-state index contributed by atoms with van der Waals surface area (Å²) in [6, 6.07) is 7.95. The third kappa shape index (κ3) is 2.55. The van der Waals surface area contributed by atoms with Crippen molar-refractivity contribution >= 4 is 17.5 Å². The first-order valence-electron chi connectivity index (χ1n) is 7.86. The van der Waals surface area contributed by atoms with E-state index in [1.165, 1.54) is 5.56 Å². The SMILES string of the molecule is CCc1cccc(N2CC(=O)NC3(CCCCC3)C2=O)c1. The second-order valence-corrected chi connectivity index (χ2v) is 6.11. The van der Waals surface area contributed by atoms with E-state index in [4.69, 9.17) is 0 Å². The Bertz CT molecular complexity index is 562. The van der Waals surface area contributed by atoms with Crippen LogP contribution in [-0.2, 0) is 16.0 Å². The van der Waals surface area contributed by atoms with Gasteiger partial charge in [0.2, 0.25) is 5.91 Å². The lowest BCUT2D eigenvalue weighted by Gasteiger charge is -2.44. The fourth-order valence-corrected chi connectivity index (χ4v) is 3.48. The highest BCUT2D eigenvalue weighted by molar-refractivity contribution is 6.09. The molecule has 1 aliphatic carbocycles. The van der Waals surface area contributed by atoms with Crippen LogP contribution in [-0.4, -0.2) is 23.9 Å². The highest BCUT2D eigenvalue weighted by Gasteiger charge is 2.47. The molecule has 4 nitrogen and oxygen atoms in total. The van der Waals surface area contributed by atoms with Crippen LogP contribution in [0.25, 0.3) is 0 Å². The number of rotatable bonds is 2. The fourth-order valence-electron chi connectivity index (χ4n) is 3.48. The minimum absolute atomic E-state index is 0.0431. The molecule has 3 rings (SSSR count). The van der Waals surface area contributed by atoms with Crippen molar-refractivity contribution in [3.05, 3.63) is 29.8 Å². The first-order valence-corrected chi connectivity index (χ1v) is 7.86. The van der Waals surface area contributed by atoms with E-state index in [1.54, 1.807) is 4.90 Å². The molecule has 1 aromatic carbocycles. The van der Waals surface area contributed by atoms with Crippen molar-refractivity contribution in [3.8, 4) is 0 Å². The maximum atomic E-state index is 13.0. The van der Waals surface area contributed by atoms with Gasteiger partial charge in [-0.1, -0.05) is 38.3 Å². The number of benzene rings is 1. The molecular formula is C17H22N2O2. The van der Waals surface area contributed by atoms with Crippen LogP contribution in [0.1, 0.15) is 44.6 Å². The second-order valence-electron chi connectivity index (χ2n) is 6.11. The summed E-state index contributed by atoms with van der Waals surface area (Å²) >= 11 is 0. The molecule has 2 fully saturated rings. The third-order valence-electron chi connectivity index (χ3n) is 4.67. The first kappa shape index (κ1) is 14.1. The Morgan fingerprint density at radius 3 is 2.67 bits per heavy atom. The highest BCUT2D eigenvalue weighted by atomic mass is 16.2. The van der Waals surface area contributed by atoms with E-state index >= 15 is 0 Å². The summed E-state index contributed by atoms with van der Waals surface area (Å²) < 4.78 is 0. The van der Waals surface area contributed by atoms with E-state index in [2.05, 4.69) is 12.2 Å². The number of piperazine rings is 1. The van der Waals surface area contributed by atoms with Gasteiger partial charge < -0.3 is 10.2 Å². The summed E-state index contributed by atoms with van der Waals surface area (Å²) in [7, 11) is 0. The van der Waals surface area contributed by atoms with Crippen LogP contribution >= 0.6 is 0 Å². The zero-order chi connectivity index (χ0) is 14.9. The van der Waals surface area contributed by atoms with Crippen molar-refractivity contribution in [1.82, 2.24) is 5.32 Å². The average molecular weight is 286 g/mol. The lowest BCUT2D eigenvalue weighted by Crippen LogP contribution is -2.67. The number of hydrogen-bond acceptors (Lipinski definition) is 2. The summed E-state index contributed by atoms with van der Waals surface area (Å²) in [4.78, 5) is 26.7. The third-order valence-corrected chi connectivity index (χ3v) is 4.67. The van der Waals surface area contributed by atoms with E-state index in [1.807, 2.05) is 24.3 Å². The van der Waals surface area contributed by atoms with Gasteiger partial charge in [0, 0.05) is 5.69 Å². The molecule has 0 unspecified atom stereocenters. The predicted molar refractivity (Wildman–Crippen MR) is 82.1 cm³/mol. The van der Waals surface area contributed by atoms with Gasteiger partial charge >= 0.3 is 0 Å². The zero-order valence-electron chi connectivity index (χ0n) is 12.5. The normalized spacial score (nSPS) is 21.5. The van der Waals surface area contributed by atoms with E-state index in [0.29, 0.717) is 0 Å². The standard InChI is InChI=1S/C17H22N2O2/c1-2-13-7-6-8-14(11-13)19-12-15(20)18-17(16(19)21)9-4-3-5-10-17/h6-8,11H,2-5,9-10,12H2,1H3,(H,18,20). The van der Waals surface area contributed by atoms with Crippen molar-refractivity contribution < 1.29 is 9.59 Å². The van der Waals surface area contributed by atoms with Crippen LogP contribution in [0.5, 0.6) is 0 Å². The number of amides is 2. The van der Waals surface area contributed by atoms with Crippen molar-refractivity contribution in [1.29, 1.82) is 0 Å². The van der Waals surface area contributed by atoms with E-state index in [0.717, 1.165) is 44.2 Å². The molecule has 1 N–H and O–H groups in total. The molecule has 1 saturated carbocycles. The molecule has 1 aliphatic heterocycles. The van der Waals surface area contributed by atoms with Crippen molar-refractivity contribution in [2.45, 2.75) is 51.0 Å². The lowest BCUT2D eigenvalue weighted by atomic mass is 9.79. The van der Waals surface area contributed by atoms with Gasteiger partial charge in [0.05, 0.1) is 0 Å². The summed E-state index contributed by atoms with van der Waals surface area (Å²) in [5.74, 6) is 0.0217. The topological polar surface area (TPSA) is 49.4 Å². The molecule has 1 saturated heterocycles. The van der Waals surface area contributed by atoms with Gasteiger partial charge in [0.25, 0.3) is 5.91 Å². The minimum atomic E-state index is -0.657.